The molecule has 0 spiro atoms. The highest BCUT2D eigenvalue weighted by molar-refractivity contribution is 7.92. The molecule has 0 saturated carbocycles. The summed E-state index contributed by atoms with van der Waals surface area (Å²) in [6, 6.07) is 6.31. The molecule has 0 aliphatic rings. The van der Waals surface area contributed by atoms with E-state index in [1.54, 1.807) is 31.2 Å². The van der Waals surface area contributed by atoms with Gasteiger partial charge in [-0.15, -0.1) is 0 Å². The van der Waals surface area contributed by atoms with E-state index in [9.17, 15) is 18.6 Å². The molecule has 21 heavy (non-hydrogen) atoms. The minimum absolute atomic E-state index is 0.0432. The Bertz CT molecular complexity index is 737. The first-order chi connectivity index (χ1) is 9.84. The smallest absolute Gasteiger partial charge is 0.253 e. The van der Waals surface area contributed by atoms with Crippen molar-refractivity contribution in [1.82, 2.24) is 0 Å². The Hall–Kier alpha value is -1.86. The molecule has 0 atom stereocenters. The van der Waals surface area contributed by atoms with Gasteiger partial charge >= 0.3 is 0 Å². The van der Waals surface area contributed by atoms with Gasteiger partial charge in [-0.2, -0.15) is 0 Å². The van der Waals surface area contributed by atoms with Gasteiger partial charge in [-0.05, 0) is 30.7 Å². The zero-order valence-corrected chi connectivity index (χ0v) is 12.7. The monoisotopic (exact) mass is 331 g/mol. The van der Waals surface area contributed by atoms with E-state index in [1.165, 1.54) is 0 Å². The average molecular weight is 332 g/mol. The summed E-state index contributed by atoms with van der Waals surface area (Å²) >= 11 is 5.76. The van der Waals surface area contributed by atoms with Gasteiger partial charge in [-0.25, -0.2) is 13.1 Å². The average Bonchev–Trinajstić information content (AvgIpc) is 2.67. The van der Waals surface area contributed by atoms with Crippen molar-refractivity contribution in [2.45, 2.75) is 13.3 Å². The molecule has 8 heteroatoms. The fourth-order valence-corrected chi connectivity index (χ4v) is 2.93. The van der Waals surface area contributed by atoms with Crippen LogP contribution in [-0.4, -0.2) is 24.4 Å². The Kier molecular flexibility index (Phi) is 4.34. The standard InChI is InChI=1S/C13H14ClNO5S/c1-2-7-21(18,19)15-13-11(17)10(16)12(20-13)8-3-5-9(14)6-4-8/h3-6,15-17H,2,7H2,1H3. The second-order valence-corrected chi connectivity index (χ2v) is 6.66. The maximum Gasteiger partial charge on any atom is 0.253 e. The quantitative estimate of drug-likeness (QED) is 0.781. The maximum atomic E-state index is 11.7. The first-order valence-corrected chi connectivity index (χ1v) is 8.18. The van der Waals surface area contributed by atoms with Crippen LogP contribution in [0.2, 0.25) is 5.02 Å². The summed E-state index contributed by atoms with van der Waals surface area (Å²) in [7, 11) is -3.64. The predicted octanol–water partition coefficient (Wildman–Crippen LogP) is 3.16. The molecule has 1 aromatic heterocycles. The number of hydrogen-bond donors (Lipinski definition) is 3. The van der Waals surface area contributed by atoms with Crippen molar-refractivity contribution in [3.8, 4) is 22.8 Å². The summed E-state index contributed by atoms with van der Waals surface area (Å²) in [5, 5.41) is 20.1. The van der Waals surface area contributed by atoms with Crippen LogP contribution in [0.4, 0.5) is 5.88 Å². The second kappa shape index (κ2) is 5.87. The van der Waals surface area contributed by atoms with Gasteiger partial charge in [-0.1, -0.05) is 18.5 Å². The largest absolute Gasteiger partial charge is 0.502 e. The Morgan fingerprint density at radius 3 is 2.38 bits per heavy atom. The first kappa shape index (κ1) is 15.5. The van der Waals surface area contributed by atoms with Crippen LogP contribution in [0, 0.1) is 0 Å². The lowest BCUT2D eigenvalue weighted by molar-refractivity contribution is 0.410. The van der Waals surface area contributed by atoms with Crippen molar-refractivity contribution in [2.75, 3.05) is 10.5 Å². The fraction of sp³-hybridized carbons (Fsp3) is 0.231. The van der Waals surface area contributed by atoms with Crippen molar-refractivity contribution in [1.29, 1.82) is 0 Å². The van der Waals surface area contributed by atoms with Crippen LogP contribution < -0.4 is 4.72 Å². The number of anilines is 1. The van der Waals surface area contributed by atoms with E-state index in [0.29, 0.717) is 17.0 Å². The lowest BCUT2D eigenvalue weighted by atomic mass is 10.1. The van der Waals surface area contributed by atoms with Crippen molar-refractivity contribution < 1.29 is 23.0 Å². The van der Waals surface area contributed by atoms with Crippen molar-refractivity contribution >= 4 is 27.5 Å². The second-order valence-electron chi connectivity index (χ2n) is 4.39. The van der Waals surface area contributed by atoms with Crippen LogP contribution in [0.5, 0.6) is 11.5 Å². The molecule has 3 N–H and O–H groups in total. The molecule has 0 aliphatic heterocycles. The van der Waals surface area contributed by atoms with Gasteiger partial charge < -0.3 is 14.6 Å². The zero-order chi connectivity index (χ0) is 15.6. The van der Waals surface area contributed by atoms with Gasteiger partial charge in [0.1, 0.15) is 0 Å². The third-order valence-electron chi connectivity index (χ3n) is 2.69. The van der Waals surface area contributed by atoms with Gasteiger partial charge in [0.15, 0.2) is 5.76 Å². The molecule has 0 amide bonds. The molecule has 0 unspecified atom stereocenters. The molecule has 0 saturated heterocycles. The normalized spacial score (nSPS) is 11.5. The molecule has 6 nitrogen and oxygen atoms in total. The van der Waals surface area contributed by atoms with Crippen LogP contribution >= 0.6 is 11.6 Å². The van der Waals surface area contributed by atoms with Crippen LogP contribution in [0.25, 0.3) is 11.3 Å². The van der Waals surface area contributed by atoms with E-state index in [1.807, 2.05) is 0 Å². The SMILES string of the molecule is CCCS(=O)(=O)Nc1oc(-c2ccc(Cl)cc2)c(O)c1O. The van der Waals surface area contributed by atoms with Gasteiger partial charge in [0.05, 0.1) is 5.75 Å². The third-order valence-corrected chi connectivity index (χ3v) is 4.38. The molecule has 0 aliphatic carbocycles. The van der Waals surface area contributed by atoms with E-state index < -0.39 is 27.4 Å². The number of furan rings is 1. The van der Waals surface area contributed by atoms with E-state index in [4.69, 9.17) is 16.0 Å². The van der Waals surface area contributed by atoms with Crippen LogP contribution in [0.15, 0.2) is 28.7 Å². The molecular formula is C13H14ClNO5S. The van der Waals surface area contributed by atoms with Crippen LogP contribution in [0.1, 0.15) is 13.3 Å². The van der Waals surface area contributed by atoms with Crippen LogP contribution in [0.3, 0.4) is 0 Å². The van der Waals surface area contributed by atoms with Gasteiger partial charge in [0, 0.05) is 10.6 Å². The lowest BCUT2D eigenvalue weighted by Crippen LogP contribution is -2.15. The highest BCUT2D eigenvalue weighted by Gasteiger charge is 2.23. The van der Waals surface area contributed by atoms with Gasteiger partial charge in [0.2, 0.25) is 21.5 Å². The molecular weight excluding hydrogens is 318 g/mol. The van der Waals surface area contributed by atoms with Crippen molar-refractivity contribution in [3.63, 3.8) is 0 Å². The molecule has 2 rings (SSSR count). The molecule has 1 heterocycles. The molecule has 0 radical (unpaired) electrons. The molecule has 2 aromatic rings. The summed E-state index contributed by atoms with van der Waals surface area (Å²) in [6.07, 6.45) is 0.410. The number of aromatic hydroxyl groups is 2. The number of rotatable bonds is 5. The summed E-state index contributed by atoms with van der Waals surface area (Å²) < 4.78 is 30.7. The van der Waals surface area contributed by atoms with Crippen molar-refractivity contribution in [2.24, 2.45) is 0 Å². The Morgan fingerprint density at radius 1 is 1.19 bits per heavy atom. The maximum absolute atomic E-state index is 11.7. The topological polar surface area (TPSA) is 99.8 Å². The zero-order valence-electron chi connectivity index (χ0n) is 11.1. The lowest BCUT2D eigenvalue weighted by Gasteiger charge is -2.03. The fourth-order valence-electron chi connectivity index (χ4n) is 1.74. The minimum Gasteiger partial charge on any atom is -0.502 e. The molecule has 0 bridgehead atoms. The highest BCUT2D eigenvalue weighted by Crippen LogP contribution is 2.45. The summed E-state index contributed by atoms with van der Waals surface area (Å²) in [5.74, 6) is -1.76. The highest BCUT2D eigenvalue weighted by atomic mass is 35.5. The molecule has 0 fully saturated rings. The number of halogens is 1. The Balaban J connectivity index is 2.39. The Labute approximate surface area is 127 Å². The van der Waals surface area contributed by atoms with E-state index in [-0.39, 0.29) is 11.5 Å². The number of benzene rings is 1. The molecule has 1 aromatic carbocycles. The van der Waals surface area contributed by atoms with E-state index in [2.05, 4.69) is 4.72 Å². The molecule has 114 valence electrons. The van der Waals surface area contributed by atoms with Gasteiger partial charge in [-0.3, -0.25) is 0 Å². The Morgan fingerprint density at radius 2 is 1.81 bits per heavy atom. The first-order valence-electron chi connectivity index (χ1n) is 6.15. The number of hydrogen-bond acceptors (Lipinski definition) is 5. The summed E-state index contributed by atoms with van der Waals surface area (Å²) in [5.41, 5.74) is 0.452. The van der Waals surface area contributed by atoms with Crippen molar-refractivity contribution in [3.05, 3.63) is 29.3 Å². The van der Waals surface area contributed by atoms with Crippen LogP contribution in [-0.2, 0) is 10.0 Å². The number of sulfonamides is 1. The van der Waals surface area contributed by atoms with E-state index >= 15 is 0 Å². The summed E-state index contributed by atoms with van der Waals surface area (Å²) in [6.45, 7) is 1.71. The number of nitrogens with one attached hydrogen (secondary N) is 1. The van der Waals surface area contributed by atoms with E-state index in [0.717, 1.165) is 0 Å². The van der Waals surface area contributed by atoms with Gasteiger partial charge in [0.25, 0.3) is 5.88 Å². The predicted molar refractivity (Wildman–Crippen MR) is 80.2 cm³/mol. The summed E-state index contributed by atoms with van der Waals surface area (Å²) in [4.78, 5) is 0. The minimum atomic E-state index is -3.64. The third kappa shape index (κ3) is 3.43.